The predicted molar refractivity (Wildman–Crippen MR) is 84.2 cm³/mol. The number of carboxylic acid groups (broad SMARTS) is 1. The van der Waals surface area contributed by atoms with Crippen molar-refractivity contribution in [2.75, 3.05) is 0 Å². The van der Waals surface area contributed by atoms with Gasteiger partial charge in [0.1, 0.15) is 9.77 Å². The molecule has 0 fully saturated rings. The first kappa shape index (κ1) is 16.2. The second-order valence-corrected chi connectivity index (χ2v) is 8.36. The summed E-state index contributed by atoms with van der Waals surface area (Å²) < 4.78 is 27.5. The number of hydrogen-bond acceptors (Lipinski definition) is 4. The number of aromatic carboxylic acids is 1. The maximum atomic E-state index is 12.3. The Hall–Kier alpha value is -1.22. The summed E-state index contributed by atoms with van der Waals surface area (Å²) in [5.74, 6) is -1.15. The quantitative estimate of drug-likeness (QED) is 0.821. The molecule has 2 N–H and O–H groups in total. The van der Waals surface area contributed by atoms with Crippen LogP contribution in [0, 0.1) is 0 Å². The van der Waals surface area contributed by atoms with Gasteiger partial charge in [0, 0.05) is 6.04 Å². The van der Waals surface area contributed by atoms with Crippen molar-refractivity contribution in [2.24, 2.45) is 0 Å². The van der Waals surface area contributed by atoms with E-state index in [1.165, 1.54) is 0 Å². The Morgan fingerprint density at radius 2 is 1.95 bits per heavy atom. The number of benzene rings is 1. The molecule has 0 aliphatic heterocycles. The van der Waals surface area contributed by atoms with E-state index >= 15 is 0 Å². The highest BCUT2D eigenvalue weighted by atomic mass is 79.9. The second-order valence-electron chi connectivity index (χ2n) is 4.31. The van der Waals surface area contributed by atoms with Gasteiger partial charge in [0.25, 0.3) is 0 Å². The van der Waals surface area contributed by atoms with Crippen LogP contribution in [0.2, 0.25) is 0 Å². The molecular weight excluding hydrogens is 378 g/mol. The molecule has 0 saturated heterocycles. The molecule has 0 spiro atoms. The molecule has 0 amide bonds. The smallest absolute Gasteiger partial charge is 0.345 e. The average molecular weight is 390 g/mol. The van der Waals surface area contributed by atoms with Gasteiger partial charge in [0.15, 0.2) is 0 Å². The number of sulfonamides is 1. The Kier molecular flexibility index (Phi) is 4.82. The van der Waals surface area contributed by atoms with E-state index in [0.29, 0.717) is 0 Å². The highest BCUT2D eigenvalue weighted by Gasteiger charge is 2.25. The number of halogens is 1. The van der Waals surface area contributed by atoms with Gasteiger partial charge in [-0.05, 0) is 34.5 Å². The van der Waals surface area contributed by atoms with Crippen LogP contribution in [0.4, 0.5) is 0 Å². The van der Waals surface area contributed by atoms with E-state index in [9.17, 15) is 13.2 Å². The Balaban J connectivity index is 2.29. The summed E-state index contributed by atoms with van der Waals surface area (Å²) in [4.78, 5) is 10.8. The Morgan fingerprint density at radius 3 is 2.48 bits per heavy atom. The molecule has 0 saturated carbocycles. The fourth-order valence-corrected chi connectivity index (χ4v) is 5.38. The fraction of sp³-hybridized carbons (Fsp3) is 0.154. The minimum atomic E-state index is -3.80. The van der Waals surface area contributed by atoms with Crippen LogP contribution in [0.5, 0.6) is 0 Å². The molecule has 1 aromatic carbocycles. The van der Waals surface area contributed by atoms with E-state index in [1.807, 2.05) is 30.3 Å². The molecule has 2 rings (SSSR count). The molecule has 0 radical (unpaired) electrons. The number of thiophene rings is 1. The molecule has 0 aliphatic rings. The van der Waals surface area contributed by atoms with Gasteiger partial charge in [0.05, 0.1) is 3.79 Å². The average Bonchev–Trinajstić information content (AvgIpc) is 2.82. The van der Waals surface area contributed by atoms with Crippen molar-refractivity contribution in [1.29, 1.82) is 0 Å². The third-order valence-electron chi connectivity index (χ3n) is 2.79. The van der Waals surface area contributed by atoms with Crippen molar-refractivity contribution >= 4 is 43.3 Å². The molecule has 0 aliphatic carbocycles. The van der Waals surface area contributed by atoms with Crippen LogP contribution >= 0.6 is 27.3 Å². The van der Waals surface area contributed by atoms with Crippen LogP contribution in [-0.2, 0) is 10.0 Å². The van der Waals surface area contributed by atoms with Gasteiger partial charge in [0.2, 0.25) is 10.0 Å². The van der Waals surface area contributed by atoms with Crippen LogP contribution in [-0.4, -0.2) is 19.5 Å². The van der Waals surface area contributed by atoms with E-state index in [-0.39, 0.29) is 13.6 Å². The molecular formula is C13H12BrNO4S2. The highest BCUT2D eigenvalue weighted by molar-refractivity contribution is 9.11. The first-order valence-electron chi connectivity index (χ1n) is 5.91. The van der Waals surface area contributed by atoms with E-state index in [4.69, 9.17) is 5.11 Å². The summed E-state index contributed by atoms with van der Waals surface area (Å²) in [6.07, 6.45) is 0. The molecule has 0 bridgehead atoms. The largest absolute Gasteiger partial charge is 0.477 e. The van der Waals surface area contributed by atoms with Crippen molar-refractivity contribution < 1.29 is 18.3 Å². The van der Waals surface area contributed by atoms with Gasteiger partial charge in [-0.3, -0.25) is 0 Å². The van der Waals surface area contributed by atoms with Crippen molar-refractivity contribution in [1.82, 2.24) is 4.72 Å². The summed E-state index contributed by atoms with van der Waals surface area (Å²) in [6, 6.07) is 9.86. The number of rotatable bonds is 5. The molecule has 5 nitrogen and oxygen atoms in total. The van der Waals surface area contributed by atoms with Gasteiger partial charge >= 0.3 is 5.97 Å². The second kappa shape index (κ2) is 6.27. The van der Waals surface area contributed by atoms with Crippen molar-refractivity contribution in [3.8, 4) is 0 Å². The lowest BCUT2D eigenvalue weighted by atomic mass is 10.1. The zero-order valence-corrected chi connectivity index (χ0v) is 14.1. The van der Waals surface area contributed by atoms with Gasteiger partial charge in [-0.25, -0.2) is 17.9 Å². The molecule has 8 heteroatoms. The van der Waals surface area contributed by atoms with Gasteiger partial charge < -0.3 is 5.11 Å². The summed E-state index contributed by atoms with van der Waals surface area (Å²) in [5, 5.41) is 8.92. The van der Waals surface area contributed by atoms with Crippen molar-refractivity contribution in [2.45, 2.75) is 17.9 Å². The van der Waals surface area contributed by atoms with E-state index in [0.717, 1.165) is 23.0 Å². The standard InChI is InChI=1S/C13H12BrNO4S2/c1-8(9-5-3-2-4-6-9)15-21(18,19)11-7-10(13(16)17)20-12(11)14/h2-8,15H,1H3,(H,16,17)/t8-/m1/s1. The Labute approximate surface area is 134 Å². The van der Waals surface area contributed by atoms with Crippen molar-refractivity contribution in [3.63, 3.8) is 0 Å². The first-order valence-corrected chi connectivity index (χ1v) is 9.00. The minimum Gasteiger partial charge on any atom is -0.477 e. The van der Waals surface area contributed by atoms with Crippen LogP contribution in [0.3, 0.4) is 0 Å². The predicted octanol–water partition coefficient (Wildman–Crippen LogP) is 3.25. The molecule has 1 heterocycles. The van der Waals surface area contributed by atoms with E-state index < -0.39 is 22.0 Å². The normalized spacial score (nSPS) is 13.0. The van der Waals surface area contributed by atoms with Gasteiger partial charge in [-0.2, -0.15) is 0 Å². The van der Waals surface area contributed by atoms with Crippen LogP contribution in [0.1, 0.15) is 28.2 Å². The van der Waals surface area contributed by atoms with Gasteiger partial charge in [-0.15, -0.1) is 11.3 Å². The Bertz CT molecular complexity index is 756. The first-order chi connectivity index (χ1) is 9.81. The zero-order chi connectivity index (χ0) is 15.6. The molecule has 112 valence electrons. The van der Waals surface area contributed by atoms with Crippen LogP contribution in [0.15, 0.2) is 45.1 Å². The van der Waals surface area contributed by atoms with Gasteiger partial charge in [-0.1, -0.05) is 30.3 Å². The molecule has 21 heavy (non-hydrogen) atoms. The molecule has 2 aromatic rings. The van der Waals surface area contributed by atoms with E-state index in [1.54, 1.807) is 6.92 Å². The summed E-state index contributed by atoms with van der Waals surface area (Å²) in [7, 11) is -3.80. The summed E-state index contributed by atoms with van der Waals surface area (Å²) in [5.41, 5.74) is 0.825. The van der Waals surface area contributed by atoms with E-state index in [2.05, 4.69) is 20.7 Å². The minimum absolute atomic E-state index is 0.0328. The number of carboxylic acids is 1. The Morgan fingerprint density at radius 1 is 1.33 bits per heavy atom. The topological polar surface area (TPSA) is 83.5 Å². The number of carbonyl (C=O) groups is 1. The highest BCUT2D eigenvalue weighted by Crippen LogP contribution is 2.32. The fourth-order valence-electron chi connectivity index (χ4n) is 1.75. The van der Waals surface area contributed by atoms with Crippen LogP contribution in [0.25, 0.3) is 0 Å². The van der Waals surface area contributed by atoms with Crippen molar-refractivity contribution in [3.05, 3.63) is 50.6 Å². The molecule has 0 unspecified atom stereocenters. The lowest BCUT2D eigenvalue weighted by Crippen LogP contribution is -2.26. The zero-order valence-electron chi connectivity index (χ0n) is 10.9. The maximum absolute atomic E-state index is 12.3. The number of hydrogen-bond donors (Lipinski definition) is 2. The van der Waals surface area contributed by atoms with Crippen LogP contribution < -0.4 is 4.72 Å². The lowest BCUT2D eigenvalue weighted by Gasteiger charge is -2.14. The molecule has 1 atom stereocenters. The lowest BCUT2D eigenvalue weighted by molar-refractivity contribution is 0.0702. The molecule has 1 aromatic heterocycles. The third-order valence-corrected chi connectivity index (χ3v) is 6.57. The maximum Gasteiger partial charge on any atom is 0.345 e. The SMILES string of the molecule is C[C@@H](NS(=O)(=O)c1cc(C(=O)O)sc1Br)c1ccccc1. The third kappa shape index (κ3) is 3.70. The summed E-state index contributed by atoms with van der Waals surface area (Å²) >= 11 is 3.97. The monoisotopic (exact) mass is 389 g/mol. The summed E-state index contributed by atoms with van der Waals surface area (Å²) in [6.45, 7) is 1.73. The number of nitrogens with one attached hydrogen (secondary N) is 1.